The van der Waals surface area contributed by atoms with Crippen LogP contribution in [0.3, 0.4) is 0 Å². The van der Waals surface area contributed by atoms with E-state index in [0.29, 0.717) is 13.0 Å². The molecule has 0 fully saturated rings. The largest absolute Gasteiger partial charge is 0.494 e. The van der Waals surface area contributed by atoms with Crippen molar-refractivity contribution in [3.05, 3.63) is 29.8 Å². The van der Waals surface area contributed by atoms with Gasteiger partial charge in [-0.05, 0) is 42.7 Å². The molecule has 0 aliphatic heterocycles. The first-order valence-electron chi connectivity index (χ1n) is 11.0. The van der Waals surface area contributed by atoms with Crippen LogP contribution in [0.4, 0.5) is 0 Å². The normalized spacial score (nSPS) is 10.8. The lowest BCUT2D eigenvalue weighted by molar-refractivity contribution is -0.126. The van der Waals surface area contributed by atoms with Crippen LogP contribution in [-0.2, 0) is 9.59 Å². The maximum atomic E-state index is 11.8. The molecule has 29 heavy (non-hydrogen) atoms. The van der Waals surface area contributed by atoms with Crippen LogP contribution in [0.1, 0.15) is 83.6 Å². The molecule has 1 aromatic carbocycles. The predicted octanol–water partition coefficient (Wildman–Crippen LogP) is 4.57. The molecule has 1 rings (SSSR count). The van der Waals surface area contributed by atoms with Crippen LogP contribution in [-0.4, -0.2) is 31.2 Å². The molecule has 0 saturated carbocycles. The standard InChI is InChI=1S/C23H37N3O3/c1-3-5-7-8-9-10-11-12-22(27)24-19-23(28)26-25-18-20-13-15-21(16-14-20)29-17-6-4-2/h13-16,18H,3-12,17,19H2,1-2H3,(H,24,27)(H,26,28). The molecule has 0 atom stereocenters. The van der Waals surface area contributed by atoms with E-state index in [9.17, 15) is 9.59 Å². The smallest absolute Gasteiger partial charge is 0.259 e. The number of hydrogen-bond acceptors (Lipinski definition) is 4. The minimum Gasteiger partial charge on any atom is -0.494 e. The van der Waals surface area contributed by atoms with Gasteiger partial charge in [0.05, 0.1) is 19.4 Å². The van der Waals surface area contributed by atoms with E-state index in [0.717, 1.165) is 37.0 Å². The maximum absolute atomic E-state index is 11.8. The number of amides is 2. The molecule has 2 amide bonds. The Morgan fingerprint density at radius 2 is 1.55 bits per heavy atom. The number of nitrogens with one attached hydrogen (secondary N) is 2. The van der Waals surface area contributed by atoms with E-state index in [1.165, 1.54) is 32.1 Å². The van der Waals surface area contributed by atoms with Crippen molar-refractivity contribution < 1.29 is 14.3 Å². The van der Waals surface area contributed by atoms with Gasteiger partial charge in [-0.15, -0.1) is 0 Å². The quantitative estimate of drug-likeness (QED) is 0.241. The molecule has 1 aromatic rings. The third kappa shape index (κ3) is 13.4. The van der Waals surface area contributed by atoms with E-state index < -0.39 is 0 Å². The summed E-state index contributed by atoms with van der Waals surface area (Å²) in [5.74, 6) is 0.397. The fourth-order valence-corrected chi connectivity index (χ4v) is 2.71. The van der Waals surface area contributed by atoms with Crippen molar-refractivity contribution in [2.24, 2.45) is 5.10 Å². The van der Waals surface area contributed by atoms with Crippen molar-refractivity contribution in [3.63, 3.8) is 0 Å². The van der Waals surface area contributed by atoms with Crippen molar-refractivity contribution in [2.75, 3.05) is 13.2 Å². The number of hydrogen-bond donors (Lipinski definition) is 2. The number of carbonyl (C=O) groups excluding carboxylic acids is 2. The third-order valence-corrected chi connectivity index (χ3v) is 4.50. The summed E-state index contributed by atoms with van der Waals surface area (Å²) in [5.41, 5.74) is 3.28. The molecule has 0 unspecified atom stereocenters. The zero-order valence-electron chi connectivity index (χ0n) is 18.0. The van der Waals surface area contributed by atoms with E-state index in [1.54, 1.807) is 6.21 Å². The average molecular weight is 404 g/mol. The maximum Gasteiger partial charge on any atom is 0.259 e. The summed E-state index contributed by atoms with van der Waals surface area (Å²) in [7, 11) is 0. The van der Waals surface area contributed by atoms with E-state index in [1.807, 2.05) is 24.3 Å². The molecule has 6 heteroatoms. The summed E-state index contributed by atoms with van der Waals surface area (Å²) in [5, 5.41) is 6.55. The molecule has 6 nitrogen and oxygen atoms in total. The summed E-state index contributed by atoms with van der Waals surface area (Å²) in [6.45, 7) is 4.98. The van der Waals surface area contributed by atoms with Gasteiger partial charge >= 0.3 is 0 Å². The highest BCUT2D eigenvalue weighted by atomic mass is 16.5. The number of hydrazone groups is 1. The Hall–Kier alpha value is -2.37. The summed E-state index contributed by atoms with van der Waals surface area (Å²) in [6.07, 6.45) is 12.3. The van der Waals surface area contributed by atoms with Crippen LogP contribution in [0.2, 0.25) is 0 Å². The summed E-state index contributed by atoms with van der Waals surface area (Å²) < 4.78 is 5.60. The molecular weight excluding hydrogens is 366 g/mol. The molecule has 0 aromatic heterocycles. The molecule has 162 valence electrons. The highest BCUT2D eigenvalue weighted by molar-refractivity contribution is 5.86. The van der Waals surface area contributed by atoms with Gasteiger partial charge in [-0.1, -0.05) is 58.8 Å². The lowest BCUT2D eigenvalue weighted by Crippen LogP contribution is -2.34. The van der Waals surface area contributed by atoms with Crippen molar-refractivity contribution in [3.8, 4) is 5.75 Å². The minimum atomic E-state index is -0.339. The first-order valence-corrected chi connectivity index (χ1v) is 11.0. The fourth-order valence-electron chi connectivity index (χ4n) is 2.71. The Morgan fingerprint density at radius 1 is 0.897 bits per heavy atom. The van der Waals surface area contributed by atoms with E-state index >= 15 is 0 Å². The van der Waals surface area contributed by atoms with Gasteiger partial charge in [0.15, 0.2) is 0 Å². The highest BCUT2D eigenvalue weighted by Crippen LogP contribution is 2.11. The van der Waals surface area contributed by atoms with Gasteiger partial charge in [0.25, 0.3) is 5.91 Å². The SMILES string of the molecule is CCCCCCCCCC(=O)NCC(=O)NN=Cc1ccc(OCCCC)cc1. The number of nitrogens with zero attached hydrogens (tertiary/aromatic N) is 1. The van der Waals surface area contributed by atoms with Gasteiger partial charge in [0.2, 0.25) is 5.91 Å². The topological polar surface area (TPSA) is 79.8 Å². The van der Waals surface area contributed by atoms with Crippen molar-refractivity contribution in [1.82, 2.24) is 10.7 Å². The lowest BCUT2D eigenvalue weighted by Gasteiger charge is -2.05. The number of benzene rings is 1. The zero-order valence-corrected chi connectivity index (χ0v) is 18.0. The molecule has 0 radical (unpaired) electrons. The summed E-state index contributed by atoms with van der Waals surface area (Å²) >= 11 is 0. The molecule has 0 spiro atoms. The van der Waals surface area contributed by atoms with Crippen molar-refractivity contribution >= 4 is 18.0 Å². The monoisotopic (exact) mass is 403 g/mol. The lowest BCUT2D eigenvalue weighted by atomic mass is 10.1. The predicted molar refractivity (Wildman–Crippen MR) is 118 cm³/mol. The number of ether oxygens (including phenoxy) is 1. The Morgan fingerprint density at radius 3 is 2.24 bits per heavy atom. The first-order chi connectivity index (χ1) is 14.2. The van der Waals surface area contributed by atoms with Crippen LogP contribution in [0, 0.1) is 0 Å². The Balaban J connectivity index is 2.12. The second kappa shape index (κ2) is 16.6. The molecule has 0 aliphatic rings. The second-order valence-corrected chi connectivity index (χ2v) is 7.21. The van der Waals surface area contributed by atoms with Gasteiger partial charge in [-0.25, -0.2) is 5.43 Å². The molecule has 0 heterocycles. The second-order valence-electron chi connectivity index (χ2n) is 7.21. The molecule has 0 aliphatic carbocycles. The number of carbonyl (C=O) groups is 2. The van der Waals surface area contributed by atoms with Gasteiger partial charge in [0, 0.05) is 6.42 Å². The summed E-state index contributed by atoms with van der Waals surface area (Å²) in [4.78, 5) is 23.5. The van der Waals surface area contributed by atoms with E-state index in [4.69, 9.17) is 4.74 Å². The van der Waals surface area contributed by atoms with Crippen LogP contribution in [0.25, 0.3) is 0 Å². The minimum absolute atomic E-state index is 0.0587. The molecule has 0 saturated heterocycles. The van der Waals surface area contributed by atoms with Crippen LogP contribution in [0.15, 0.2) is 29.4 Å². The zero-order chi connectivity index (χ0) is 21.2. The third-order valence-electron chi connectivity index (χ3n) is 4.50. The van der Waals surface area contributed by atoms with Crippen LogP contribution < -0.4 is 15.5 Å². The highest BCUT2D eigenvalue weighted by Gasteiger charge is 2.04. The van der Waals surface area contributed by atoms with Gasteiger partial charge in [-0.3, -0.25) is 9.59 Å². The van der Waals surface area contributed by atoms with Crippen molar-refractivity contribution in [2.45, 2.75) is 78.1 Å². The Labute approximate surface area is 175 Å². The van der Waals surface area contributed by atoms with E-state index in [-0.39, 0.29) is 18.4 Å². The molecular formula is C23H37N3O3. The Bertz CT molecular complexity index is 600. The van der Waals surface area contributed by atoms with Gasteiger partial charge in [0.1, 0.15) is 5.75 Å². The number of unbranched alkanes of at least 4 members (excludes halogenated alkanes) is 7. The molecule has 2 N–H and O–H groups in total. The van der Waals surface area contributed by atoms with Gasteiger partial charge < -0.3 is 10.1 Å². The first kappa shape index (κ1) is 24.7. The average Bonchev–Trinajstić information content (AvgIpc) is 2.73. The molecule has 0 bridgehead atoms. The fraction of sp³-hybridized carbons (Fsp3) is 0.609. The van der Waals surface area contributed by atoms with E-state index in [2.05, 4.69) is 29.7 Å². The Kier molecular flexibility index (Phi) is 14.1. The summed E-state index contributed by atoms with van der Waals surface area (Å²) in [6, 6.07) is 7.51. The van der Waals surface area contributed by atoms with Crippen molar-refractivity contribution in [1.29, 1.82) is 0 Å². The van der Waals surface area contributed by atoms with Crippen LogP contribution >= 0.6 is 0 Å². The number of rotatable bonds is 16. The van der Waals surface area contributed by atoms with Gasteiger partial charge in [-0.2, -0.15) is 5.10 Å². The van der Waals surface area contributed by atoms with Crippen LogP contribution in [0.5, 0.6) is 5.75 Å².